The van der Waals surface area contributed by atoms with Crippen LogP contribution < -0.4 is 19.3 Å². The summed E-state index contributed by atoms with van der Waals surface area (Å²) in [6, 6.07) is 14.0. The Bertz CT molecular complexity index is 829. The van der Waals surface area contributed by atoms with E-state index < -0.39 is 0 Å². The number of benzene rings is 2. The first-order valence-corrected chi connectivity index (χ1v) is 9.39. The van der Waals surface area contributed by atoms with E-state index in [0.29, 0.717) is 6.79 Å². The van der Waals surface area contributed by atoms with Crippen LogP contribution in [0.15, 0.2) is 42.5 Å². The van der Waals surface area contributed by atoms with Gasteiger partial charge in [-0.05, 0) is 36.4 Å². The van der Waals surface area contributed by atoms with E-state index in [2.05, 4.69) is 12.1 Å². The van der Waals surface area contributed by atoms with Crippen LogP contribution in [0.3, 0.4) is 0 Å². The van der Waals surface area contributed by atoms with Crippen LogP contribution in [0.25, 0.3) is 0 Å². The summed E-state index contributed by atoms with van der Waals surface area (Å²) in [5, 5.41) is 0. The van der Waals surface area contributed by atoms with Crippen molar-refractivity contribution in [1.82, 2.24) is 4.90 Å². The predicted molar refractivity (Wildman–Crippen MR) is 104 cm³/mol. The SMILES string of the molecule is CN(C)c1cccc(C(=O)N2CC[NH+](Cc3ccc4c(c3)OCO4)CC2)c1. The normalized spacial score (nSPS) is 16.4. The van der Waals surface area contributed by atoms with Gasteiger partial charge in [-0.1, -0.05) is 6.07 Å². The molecule has 0 aromatic heterocycles. The minimum Gasteiger partial charge on any atom is -0.454 e. The minimum absolute atomic E-state index is 0.126. The van der Waals surface area contributed by atoms with Gasteiger partial charge in [-0.25, -0.2) is 0 Å². The average molecular weight is 368 g/mol. The zero-order chi connectivity index (χ0) is 18.8. The summed E-state index contributed by atoms with van der Waals surface area (Å²) in [6.45, 7) is 4.72. The van der Waals surface area contributed by atoms with Gasteiger partial charge in [-0.15, -0.1) is 0 Å². The Kier molecular flexibility index (Phi) is 4.90. The third kappa shape index (κ3) is 3.85. The van der Waals surface area contributed by atoms with Gasteiger partial charge in [0, 0.05) is 30.9 Å². The molecule has 0 saturated carbocycles. The number of nitrogens with one attached hydrogen (secondary N) is 1. The van der Waals surface area contributed by atoms with Gasteiger partial charge in [0.2, 0.25) is 6.79 Å². The molecule has 0 bridgehead atoms. The Balaban J connectivity index is 1.34. The maximum Gasteiger partial charge on any atom is 0.254 e. The molecule has 0 aliphatic carbocycles. The van der Waals surface area contributed by atoms with Crippen molar-refractivity contribution < 1.29 is 19.2 Å². The smallest absolute Gasteiger partial charge is 0.254 e. The third-order valence-corrected chi connectivity index (χ3v) is 5.26. The number of anilines is 1. The molecular weight excluding hydrogens is 342 g/mol. The van der Waals surface area contributed by atoms with E-state index in [0.717, 1.165) is 55.5 Å². The van der Waals surface area contributed by atoms with Crippen molar-refractivity contribution in [3.05, 3.63) is 53.6 Å². The Morgan fingerprint density at radius 1 is 1.07 bits per heavy atom. The number of hydrogen-bond donors (Lipinski definition) is 1. The van der Waals surface area contributed by atoms with Crippen LogP contribution in [0.5, 0.6) is 11.5 Å². The van der Waals surface area contributed by atoms with Crippen molar-refractivity contribution in [2.75, 3.05) is 52.0 Å². The molecule has 0 spiro atoms. The summed E-state index contributed by atoms with van der Waals surface area (Å²) < 4.78 is 10.8. The highest BCUT2D eigenvalue weighted by Gasteiger charge is 2.25. The lowest BCUT2D eigenvalue weighted by molar-refractivity contribution is -0.917. The van der Waals surface area contributed by atoms with Gasteiger partial charge in [0.1, 0.15) is 6.54 Å². The van der Waals surface area contributed by atoms with E-state index in [1.54, 1.807) is 0 Å². The number of nitrogens with zero attached hydrogens (tertiary/aromatic N) is 2. The molecule has 2 heterocycles. The number of hydrogen-bond acceptors (Lipinski definition) is 4. The summed E-state index contributed by atoms with van der Waals surface area (Å²) in [5.41, 5.74) is 3.06. The fourth-order valence-corrected chi connectivity index (χ4v) is 3.64. The number of fused-ring (bicyclic) bond motifs is 1. The minimum atomic E-state index is 0.126. The molecular formula is C21H26N3O3+. The first kappa shape index (κ1) is 17.7. The van der Waals surface area contributed by atoms with Crippen LogP contribution in [0.4, 0.5) is 5.69 Å². The molecule has 4 rings (SSSR count). The fourth-order valence-electron chi connectivity index (χ4n) is 3.64. The molecule has 1 amide bonds. The molecule has 1 N–H and O–H groups in total. The van der Waals surface area contributed by atoms with Crippen molar-refractivity contribution in [2.45, 2.75) is 6.54 Å². The van der Waals surface area contributed by atoms with Crippen LogP contribution in [0.1, 0.15) is 15.9 Å². The lowest BCUT2D eigenvalue weighted by Gasteiger charge is -2.32. The van der Waals surface area contributed by atoms with E-state index in [1.165, 1.54) is 10.5 Å². The van der Waals surface area contributed by atoms with Crippen molar-refractivity contribution in [3.8, 4) is 11.5 Å². The molecule has 142 valence electrons. The van der Waals surface area contributed by atoms with E-state index in [-0.39, 0.29) is 5.91 Å². The summed E-state index contributed by atoms with van der Waals surface area (Å²) >= 11 is 0. The molecule has 6 heteroatoms. The van der Waals surface area contributed by atoms with E-state index in [4.69, 9.17) is 9.47 Å². The summed E-state index contributed by atoms with van der Waals surface area (Å²) in [6.07, 6.45) is 0. The standard InChI is InChI=1S/C21H25N3O3/c1-22(2)18-5-3-4-17(13-18)21(25)24-10-8-23(9-11-24)14-16-6-7-19-20(12-16)27-15-26-19/h3-7,12-13H,8-11,14-15H2,1-2H3/p+1. The first-order chi connectivity index (χ1) is 13.1. The lowest BCUT2D eigenvalue weighted by atomic mass is 10.1. The van der Waals surface area contributed by atoms with Crippen LogP contribution >= 0.6 is 0 Å². The molecule has 1 fully saturated rings. The summed E-state index contributed by atoms with van der Waals surface area (Å²) in [7, 11) is 3.98. The highest BCUT2D eigenvalue weighted by molar-refractivity contribution is 5.95. The third-order valence-electron chi connectivity index (χ3n) is 5.26. The largest absolute Gasteiger partial charge is 0.454 e. The monoisotopic (exact) mass is 368 g/mol. The van der Waals surface area contributed by atoms with E-state index in [1.807, 2.05) is 54.2 Å². The Labute approximate surface area is 159 Å². The molecule has 0 atom stereocenters. The van der Waals surface area contributed by atoms with Crippen molar-refractivity contribution in [3.63, 3.8) is 0 Å². The van der Waals surface area contributed by atoms with Crippen molar-refractivity contribution >= 4 is 11.6 Å². The van der Waals surface area contributed by atoms with Gasteiger partial charge in [0.15, 0.2) is 11.5 Å². The molecule has 2 aliphatic rings. The average Bonchev–Trinajstić information content (AvgIpc) is 3.16. The number of quaternary nitrogens is 1. The maximum atomic E-state index is 12.8. The van der Waals surface area contributed by atoms with Gasteiger partial charge < -0.3 is 24.2 Å². The molecule has 0 radical (unpaired) electrons. The molecule has 2 aromatic rings. The zero-order valence-electron chi connectivity index (χ0n) is 15.9. The Hall–Kier alpha value is -2.73. The second-order valence-corrected chi connectivity index (χ2v) is 7.35. The van der Waals surface area contributed by atoms with Gasteiger partial charge >= 0.3 is 0 Å². The lowest BCUT2D eigenvalue weighted by Crippen LogP contribution is -3.13. The quantitative estimate of drug-likeness (QED) is 0.876. The van der Waals surface area contributed by atoms with Gasteiger partial charge in [0.05, 0.1) is 26.2 Å². The maximum absolute atomic E-state index is 12.8. The summed E-state index contributed by atoms with van der Waals surface area (Å²) in [4.78, 5) is 18.3. The van der Waals surface area contributed by atoms with Crippen LogP contribution in [-0.4, -0.2) is 57.9 Å². The second-order valence-electron chi connectivity index (χ2n) is 7.35. The van der Waals surface area contributed by atoms with Crippen LogP contribution in [0.2, 0.25) is 0 Å². The van der Waals surface area contributed by atoms with Crippen molar-refractivity contribution in [1.29, 1.82) is 0 Å². The molecule has 1 saturated heterocycles. The topological polar surface area (TPSA) is 46.5 Å². The number of ether oxygens (including phenoxy) is 2. The fraction of sp³-hybridized carbons (Fsp3) is 0.381. The van der Waals surface area contributed by atoms with Gasteiger partial charge in [-0.2, -0.15) is 0 Å². The number of rotatable bonds is 4. The summed E-state index contributed by atoms with van der Waals surface area (Å²) in [5.74, 6) is 1.78. The number of amides is 1. The highest BCUT2D eigenvalue weighted by atomic mass is 16.7. The van der Waals surface area contributed by atoms with Gasteiger partial charge in [0.25, 0.3) is 5.91 Å². The van der Waals surface area contributed by atoms with E-state index >= 15 is 0 Å². The number of carbonyl (C=O) groups is 1. The molecule has 2 aromatic carbocycles. The Morgan fingerprint density at radius 3 is 2.63 bits per heavy atom. The van der Waals surface area contributed by atoms with E-state index in [9.17, 15) is 4.79 Å². The van der Waals surface area contributed by atoms with Crippen LogP contribution in [0, 0.1) is 0 Å². The number of piperazine rings is 1. The van der Waals surface area contributed by atoms with Crippen LogP contribution in [-0.2, 0) is 6.54 Å². The zero-order valence-corrected chi connectivity index (χ0v) is 15.9. The van der Waals surface area contributed by atoms with Gasteiger partial charge in [-0.3, -0.25) is 4.79 Å². The Morgan fingerprint density at radius 2 is 1.85 bits per heavy atom. The first-order valence-electron chi connectivity index (χ1n) is 9.39. The predicted octanol–water partition coefficient (Wildman–Crippen LogP) is 1.02. The highest BCUT2D eigenvalue weighted by Crippen LogP contribution is 2.32. The van der Waals surface area contributed by atoms with Crippen molar-refractivity contribution in [2.24, 2.45) is 0 Å². The second kappa shape index (κ2) is 7.48. The molecule has 27 heavy (non-hydrogen) atoms. The molecule has 0 unspecified atom stereocenters. The number of carbonyl (C=O) groups excluding carboxylic acids is 1. The molecule has 6 nitrogen and oxygen atoms in total. The molecule has 2 aliphatic heterocycles.